The lowest BCUT2D eigenvalue weighted by molar-refractivity contribution is 0.415. The fraction of sp³-hybridized carbons (Fsp3) is 0.125. The van der Waals surface area contributed by atoms with Crippen LogP contribution in [0.25, 0.3) is 10.9 Å². The van der Waals surface area contributed by atoms with Gasteiger partial charge in [-0.2, -0.15) is 4.98 Å². The van der Waals surface area contributed by atoms with Gasteiger partial charge in [0.25, 0.3) is 0 Å². The summed E-state index contributed by atoms with van der Waals surface area (Å²) in [6.45, 7) is 0. The van der Waals surface area contributed by atoms with Gasteiger partial charge in [-0.1, -0.05) is 24.3 Å². The van der Waals surface area contributed by atoms with E-state index >= 15 is 0 Å². The van der Waals surface area contributed by atoms with Gasteiger partial charge in [0, 0.05) is 12.4 Å². The second kappa shape index (κ2) is 5.58. The molecular weight excluding hydrogens is 286 g/mol. The van der Waals surface area contributed by atoms with Gasteiger partial charge in [0.2, 0.25) is 5.28 Å². The van der Waals surface area contributed by atoms with Gasteiger partial charge in [-0.3, -0.25) is 0 Å². The maximum atomic E-state index is 6.05. The molecule has 0 saturated carbocycles. The maximum Gasteiger partial charge on any atom is 0.224 e. The van der Waals surface area contributed by atoms with Gasteiger partial charge in [0.05, 0.1) is 18.3 Å². The van der Waals surface area contributed by atoms with E-state index in [1.807, 2.05) is 60.5 Å². The molecule has 0 aliphatic heterocycles. The quantitative estimate of drug-likeness (QED) is 0.684. The van der Waals surface area contributed by atoms with E-state index in [1.165, 1.54) is 0 Å². The largest absolute Gasteiger partial charge is 0.495 e. The zero-order valence-corrected chi connectivity index (χ0v) is 12.5. The molecule has 0 spiro atoms. The number of hydrogen-bond donors (Lipinski definition) is 0. The Morgan fingerprint density at radius 3 is 2.52 bits per heavy atom. The first-order valence-corrected chi connectivity index (χ1v) is 6.87. The lowest BCUT2D eigenvalue weighted by Gasteiger charge is -2.22. The first-order chi connectivity index (χ1) is 10.2. The summed E-state index contributed by atoms with van der Waals surface area (Å²) in [5.41, 5.74) is 1.73. The van der Waals surface area contributed by atoms with Gasteiger partial charge in [0.15, 0.2) is 0 Å². The molecule has 2 aromatic carbocycles. The molecule has 4 nitrogen and oxygen atoms in total. The minimum absolute atomic E-state index is 0.227. The van der Waals surface area contributed by atoms with Gasteiger partial charge in [-0.15, -0.1) is 0 Å². The van der Waals surface area contributed by atoms with E-state index in [0.29, 0.717) is 0 Å². The number of ether oxygens (including phenoxy) is 1. The summed E-state index contributed by atoms with van der Waals surface area (Å²) in [5.74, 6) is 1.52. The summed E-state index contributed by atoms with van der Waals surface area (Å²) < 4.78 is 5.41. The summed E-state index contributed by atoms with van der Waals surface area (Å²) in [6, 6.07) is 15.6. The zero-order chi connectivity index (χ0) is 14.8. The van der Waals surface area contributed by atoms with Crippen molar-refractivity contribution in [3.63, 3.8) is 0 Å². The van der Waals surface area contributed by atoms with E-state index in [-0.39, 0.29) is 5.28 Å². The molecule has 1 heterocycles. The molecule has 0 aliphatic rings. The topological polar surface area (TPSA) is 38.2 Å². The number of rotatable bonds is 3. The molecule has 0 unspecified atom stereocenters. The fourth-order valence-corrected chi connectivity index (χ4v) is 2.48. The van der Waals surface area contributed by atoms with Gasteiger partial charge in [0.1, 0.15) is 11.6 Å². The SMILES string of the molecule is COc1ccccc1N(C)c1nc(Cl)nc2ccccc12. The number of halogens is 1. The van der Waals surface area contributed by atoms with Crippen molar-refractivity contribution in [1.29, 1.82) is 0 Å². The van der Waals surface area contributed by atoms with Crippen molar-refractivity contribution < 1.29 is 4.74 Å². The third-order valence-corrected chi connectivity index (χ3v) is 3.49. The summed E-state index contributed by atoms with van der Waals surface area (Å²) in [6.07, 6.45) is 0. The molecule has 106 valence electrons. The highest BCUT2D eigenvalue weighted by atomic mass is 35.5. The highest BCUT2D eigenvalue weighted by molar-refractivity contribution is 6.28. The van der Waals surface area contributed by atoms with E-state index < -0.39 is 0 Å². The molecule has 0 aliphatic carbocycles. The molecule has 21 heavy (non-hydrogen) atoms. The number of benzene rings is 2. The van der Waals surface area contributed by atoms with Crippen LogP contribution < -0.4 is 9.64 Å². The minimum Gasteiger partial charge on any atom is -0.495 e. The smallest absolute Gasteiger partial charge is 0.224 e. The molecule has 3 rings (SSSR count). The number of methoxy groups -OCH3 is 1. The second-order valence-corrected chi connectivity index (χ2v) is 4.90. The van der Waals surface area contributed by atoms with Crippen molar-refractivity contribution in [3.05, 3.63) is 53.8 Å². The van der Waals surface area contributed by atoms with Crippen LogP contribution in [-0.4, -0.2) is 24.1 Å². The Balaban J connectivity index is 2.20. The fourth-order valence-electron chi connectivity index (χ4n) is 2.31. The molecule has 0 radical (unpaired) electrons. The molecule has 0 bridgehead atoms. The third kappa shape index (κ3) is 2.50. The van der Waals surface area contributed by atoms with Crippen LogP contribution in [0.1, 0.15) is 0 Å². The summed E-state index contributed by atoms with van der Waals surface area (Å²) in [5, 5.41) is 1.17. The van der Waals surface area contributed by atoms with Gasteiger partial charge in [-0.05, 0) is 35.9 Å². The normalized spacial score (nSPS) is 10.6. The standard InChI is InChI=1S/C16H14ClN3O/c1-20(13-9-5-6-10-14(13)21-2)15-11-7-3-4-8-12(11)18-16(17)19-15/h3-10H,1-2H3. The van der Waals surface area contributed by atoms with Crippen molar-refractivity contribution >= 4 is 34.0 Å². The Morgan fingerprint density at radius 1 is 1.00 bits per heavy atom. The van der Waals surface area contributed by atoms with E-state index in [0.717, 1.165) is 28.2 Å². The summed E-state index contributed by atoms with van der Waals surface area (Å²) >= 11 is 6.05. The number of para-hydroxylation sites is 3. The van der Waals surface area contributed by atoms with Crippen LogP contribution in [0, 0.1) is 0 Å². The monoisotopic (exact) mass is 299 g/mol. The van der Waals surface area contributed by atoms with Crippen LogP contribution >= 0.6 is 11.6 Å². The van der Waals surface area contributed by atoms with Crippen LogP contribution in [0.15, 0.2) is 48.5 Å². The molecule has 0 amide bonds. The van der Waals surface area contributed by atoms with Gasteiger partial charge < -0.3 is 9.64 Å². The maximum absolute atomic E-state index is 6.05. The minimum atomic E-state index is 0.227. The molecular formula is C16H14ClN3O. The molecule has 1 aromatic heterocycles. The Labute approximate surface area is 128 Å². The van der Waals surface area contributed by atoms with Crippen LogP contribution in [0.5, 0.6) is 5.75 Å². The first kappa shape index (κ1) is 13.6. The number of aromatic nitrogens is 2. The van der Waals surface area contributed by atoms with Crippen molar-refractivity contribution in [2.75, 3.05) is 19.1 Å². The molecule has 0 atom stereocenters. The predicted molar refractivity (Wildman–Crippen MR) is 85.6 cm³/mol. The van der Waals surface area contributed by atoms with E-state index in [9.17, 15) is 0 Å². The predicted octanol–water partition coefficient (Wildman–Crippen LogP) is 4.06. The Hall–Kier alpha value is -2.33. The van der Waals surface area contributed by atoms with Crippen molar-refractivity contribution in [1.82, 2.24) is 9.97 Å². The van der Waals surface area contributed by atoms with E-state index in [4.69, 9.17) is 16.3 Å². The molecule has 0 saturated heterocycles. The van der Waals surface area contributed by atoms with Crippen LogP contribution in [0.4, 0.5) is 11.5 Å². The highest BCUT2D eigenvalue weighted by Crippen LogP contribution is 2.34. The second-order valence-electron chi connectivity index (χ2n) is 4.56. The lowest BCUT2D eigenvalue weighted by atomic mass is 10.2. The number of fused-ring (bicyclic) bond motifs is 1. The lowest BCUT2D eigenvalue weighted by Crippen LogP contribution is -2.13. The Morgan fingerprint density at radius 2 is 1.71 bits per heavy atom. The van der Waals surface area contributed by atoms with Crippen LogP contribution in [0.2, 0.25) is 5.28 Å². The van der Waals surface area contributed by atoms with Crippen LogP contribution in [0.3, 0.4) is 0 Å². The van der Waals surface area contributed by atoms with Crippen LogP contribution in [-0.2, 0) is 0 Å². The average molecular weight is 300 g/mol. The first-order valence-electron chi connectivity index (χ1n) is 6.49. The highest BCUT2D eigenvalue weighted by Gasteiger charge is 2.15. The molecule has 0 N–H and O–H groups in total. The third-order valence-electron chi connectivity index (χ3n) is 3.32. The van der Waals surface area contributed by atoms with Crippen molar-refractivity contribution in [2.45, 2.75) is 0 Å². The van der Waals surface area contributed by atoms with E-state index in [1.54, 1.807) is 7.11 Å². The summed E-state index contributed by atoms with van der Waals surface area (Å²) in [4.78, 5) is 10.6. The van der Waals surface area contributed by atoms with Gasteiger partial charge >= 0.3 is 0 Å². The average Bonchev–Trinajstić information content (AvgIpc) is 2.53. The van der Waals surface area contributed by atoms with E-state index in [2.05, 4.69) is 9.97 Å². The molecule has 5 heteroatoms. The number of hydrogen-bond acceptors (Lipinski definition) is 4. The van der Waals surface area contributed by atoms with Crippen molar-refractivity contribution in [3.8, 4) is 5.75 Å². The number of anilines is 2. The number of nitrogens with zero attached hydrogens (tertiary/aromatic N) is 3. The van der Waals surface area contributed by atoms with Crippen molar-refractivity contribution in [2.24, 2.45) is 0 Å². The Kier molecular flexibility index (Phi) is 3.62. The zero-order valence-electron chi connectivity index (χ0n) is 11.7. The van der Waals surface area contributed by atoms with Gasteiger partial charge in [-0.25, -0.2) is 4.98 Å². The molecule has 0 fully saturated rings. The summed E-state index contributed by atoms with van der Waals surface area (Å²) in [7, 11) is 3.58. The Bertz CT molecular complexity index is 791. The molecule has 3 aromatic rings.